The molecule has 136 valence electrons. The van der Waals surface area contributed by atoms with Crippen LogP contribution >= 0.6 is 0 Å². The van der Waals surface area contributed by atoms with Crippen LogP contribution in [0.25, 0.3) is 0 Å². The molecule has 1 fully saturated rings. The summed E-state index contributed by atoms with van der Waals surface area (Å²) in [6.45, 7) is 5.21. The van der Waals surface area contributed by atoms with E-state index in [1.165, 1.54) is 18.4 Å². The Labute approximate surface area is 150 Å². The molecule has 7 heteroatoms. The van der Waals surface area contributed by atoms with Crippen molar-refractivity contribution < 1.29 is 0 Å². The predicted molar refractivity (Wildman–Crippen MR) is 101 cm³/mol. The molecule has 1 atom stereocenters. The first-order chi connectivity index (χ1) is 11.9. The van der Waals surface area contributed by atoms with Crippen molar-refractivity contribution in [3.8, 4) is 0 Å². The van der Waals surface area contributed by atoms with Crippen molar-refractivity contribution in [1.82, 2.24) is 24.6 Å². The molecule has 0 N–H and O–H groups in total. The van der Waals surface area contributed by atoms with Crippen molar-refractivity contribution >= 4 is 11.8 Å². The van der Waals surface area contributed by atoms with E-state index >= 15 is 0 Å². The highest BCUT2D eigenvalue weighted by atomic mass is 15.3. The van der Waals surface area contributed by atoms with Crippen LogP contribution in [0.1, 0.15) is 24.1 Å². The molecular weight excluding hydrogens is 314 g/mol. The molecule has 2 aromatic heterocycles. The Bertz CT molecular complexity index is 709. The second-order valence-electron chi connectivity index (χ2n) is 7.16. The predicted octanol–water partition coefficient (Wildman–Crippen LogP) is 1.69. The van der Waals surface area contributed by atoms with Crippen LogP contribution in [0.5, 0.6) is 0 Å². The molecule has 7 nitrogen and oxygen atoms in total. The van der Waals surface area contributed by atoms with Gasteiger partial charge in [0.05, 0.1) is 5.69 Å². The number of likely N-dealkylation sites (N-methyl/N-ethyl adjacent to an activating group) is 1. The summed E-state index contributed by atoms with van der Waals surface area (Å²) in [6.07, 6.45) is 6.34. The van der Waals surface area contributed by atoms with Gasteiger partial charge in [0.1, 0.15) is 5.82 Å². The van der Waals surface area contributed by atoms with Crippen LogP contribution in [0.2, 0.25) is 0 Å². The molecule has 1 aliphatic heterocycles. The molecule has 0 saturated carbocycles. The Hall–Kier alpha value is -2.15. The third-order valence-electron chi connectivity index (χ3n) is 4.94. The van der Waals surface area contributed by atoms with Gasteiger partial charge in [0.15, 0.2) is 0 Å². The van der Waals surface area contributed by atoms with Crippen molar-refractivity contribution in [3.63, 3.8) is 0 Å². The molecule has 3 rings (SSSR count). The fraction of sp³-hybridized carbons (Fsp3) is 0.611. The van der Waals surface area contributed by atoms with Gasteiger partial charge in [0.25, 0.3) is 0 Å². The van der Waals surface area contributed by atoms with E-state index in [4.69, 9.17) is 0 Å². The fourth-order valence-electron chi connectivity index (χ4n) is 3.46. The molecule has 2 aromatic rings. The third-order valence-corrected chi connectivity index (χ3v) is 4.94. The van der Waals surface area contributed by atoms with E-state index in [0.29, 0.717) is 6.04 Å². The summed E-state index contributed by atoms with van der Waals surface area (Å²) in [6, 6.07) is 2.37. The van der Waals surface area contributed by atoms with Gasteiger partial charge >= 0.3 is 0 Å². The van der Waals surface area contributed by atoms with Gasteiger partial charge in [0.2, 0.25) is 5.95 Å². The second-order valence-corrected chi connectivity index (χ2v) is 7.16. The molecule has 0 radical (unpaired) electrons. The number of aryl methyl sites for hydroxylation is 2. The number of hydrogen-bond acceptors (Lipinski definition) is 6. The highest BCUT2D eigenvalue weighted by molar-refractivity contribution is 5.42. The zero-order valence-electron chi connectivity index (χ0n) is 16.0. The maximum atomic E-state index is 4.68. The Morgan fingerprint density at radius 3 is 2.76 bits per heavy atom. The third kappa shape index (κ3) is 4.10. The molecule has 0 aromatic carbocycles. The van der Waals surface area contributed by atoms with Gasteiger partial charge in [-0.1, -0.05) is 0 Å². The van der Waals surface area contributed by atoms with Crippen molar-refractivity contribution in [2.75, 3.05) is 44.0 Å². The SMILES string of the molecule is Cc1nn(C)cc1CN1CCCC(N(C)c2nccc(N(C)C)n2)C1. The number of aromatic nitrogens is 4. The lowest BCUT2D eigenvalue weighted by Crippen LogP contribution is -2.46. The largest absolute Gasteiger partial charge is 0.363 e. The van der Waals surface area contributed by atoms with Gasteiger partial charge in [-0.05, 0) is 32.4 Å². The first kappa shape index (κ1) is 17.7. The van der Waals surface area contributed by atoms with Gasteiger partial charge < -0.3 is 9.80 Å². The van der Waals surface area contributed by atoms with Gasteiger partial charge in [-0.25, -0.2) is 4.98 Å². The first-order valence-electron chi connectivity index (χ1n) is 8.88. The standard InChI is InChI=1S/C18H29N7/c1-14-15(11-23(4)21-14)12-25-10-6-7-16(13-25)24(5)18-19-9-8-17(20-18)22(2)3/h8-9,11,16H,6-7,10,12-13H2,1-5H3. The molecule has 0 spiro atoms. The van der Waals surface area contributed by atoms with Crippen LogP contribution in [0.15, 0.2) is 18.5 Å². The van der Waals surface area contributed by atoms with Crippen molar-refractivity contribution in [3.05, 3.63) is 29.7 Å². The molecule has 1 saturated heterocycles. The summed E-state index contributed by atoms with van der Waals surface area (Å²) in [5.41, 5.74) is 2.44. The lowest BCUT2D eigenvalue weighted by atomic mass is 10.0. The minimum atomic E-state index is 0.433. The molecular formula is C18H29N7. The zero-order chi connectivity index (χ0) is 18.0. The summed E-state index contributed by atoms with van der Waals surface area (Å²) in [4.78, 5) is 15.9. The molecule has 1 aliphatic rings. The van der Waals surface area contributed by atoms with E-state index in [-0.39, 0.29) is 0 Å². The summed E-state index contributed by atoms with van der Waals surface area (Å²) in [7, 11) is 8.10. The molecule has 0 amide bonds. The van der Waals surface area contributed by atoms with Gasteiger partial charge in [-0.2, -0.15) is 10.1 Å². The van der Waals surface area contributed by atoms with E-state index < -0.39 is 0 Å². The summed E-state index contributed by atoms with van der Waals surface area (Å²) >= 11 is 0. The first-order valence-corrected chi connectivity index (χ1v) is 8.88. The number of piperidine rings is 1. The van der Waals surface area contributed by atoms with E-state index in [1.54, 1.807) is 0 Å². The average Bonchev–Trinajstić information content (AvgIpc) is 2.91. The molecule has 0 aliphatic carbocycles. The quantitative estimate of drug-likeness (QED) is 0.823. The Kier molecular flexibility index (Phi) is 5.22. The fourth-order valence-corrected chi connectivity index (χ4v) is 3.46. The van der Waals surface area contributed by atoms with E-state index in [0.717, 1.165) is 37.1 Å². The number of likely N-dealkylation sites (tertiary alicyclic amines) is 1. The average molecular weight is 343 g/mol. The van der Waals surface area contributed by atoms with Crippen molar-refractivity contribution in [2.45, 2.75) is 32.4 Å². The lowest BCUT2D eigenvalue weighted by molar-refractivity contribution is 0.198. The molecule has 0 bridgehead atoms. The highest BCUT2D eigenvalue weighted by Gasteiger charge is 2.25. The van der Waals surface area contributed by atoms with Gasteiger partial charge in [0, 0.05) is 65.3 Å². The van der Waals surface area contributed by atoms with Crippen molar-refractivity contribution in [2.24, 2.45) is 7.05 Å². The highest BCUT2D eigenvalue weighted by Crippen LogP contribution is 2.21. The summed E-state index contributed by atoms with van der Waals surface area (Å²) in [5.74, 6) is 1.74. The minimum absolute atomic E-state index is 0.433. The van der Waals surface area contributed by atoms with Crippen LogP contribution < -0.4 is 9.80 Å². The maximum absolute atomic E-state index is 4.68. The summed E-state index contributed by atoms with van der Waals surface area (Å²) in [5, 5.41) is 4.46. The minimum Gasteiger partial charge on any atom is -0.363 e. The van der Waals surface area contributed by atoms with Gasteiger partial charge in [-0.3, -0.25) is 9.58 Å². The van der Waals surface area contributed by atoms with Gasteiger partial charge in [-0.15, -0.1) is 0 Å². The molecule has 1 unspecified atom stereocenters. The second kappa shape index (κ2) is 7.39. The Morgan fingerprint density at radius 1 is 1.28 bits per heavy atom. The topological polar surface area (TPSA) is 53.3 Å². The van der Waals surface area contributed by atoms with Crippen LogP contribution in [0.3, 0.4) is 0 Å². The maximum Gasteiger partial charge on any atom is 0.227 e. The van der Waals surface area contributed by atoms with Crippen LogP contribution in [-0.4, -0.2) is 64.9 Å². The molecule has 3 heterocycles. The van der Waals surface area contributed by atoms with Crippen molar-refractivity contribution in [1.29, 1.82) is 0 Å². The summed E-state index contributed by atoms with van der Waals surface area (Å²) < 4.78 is 1.90. The number of hydrogen-bond donors (Lipinski definition) is 0. The molecule has 25 heavy (non-hydrogen) atoms. The lowest BCUT2D eigenvalue weighted by Gasteiger charge is -2.37. The Morgan fingerprint density at radius 2 is 2.08 bits per heavy atom. The zero-order valence-corrected chi connectivity index (χ0v) is 16.0. The van der Waals surface area contributed by atoms with Crippen LogP contribution in [-0.2, 0) is 13.6 Å². The number of rotatable bonds is 5. The smallest absolute Gasteiger partial charge is 0.227 e. The van der Waals surface area contributed by atoms with Crippen LogP contribution in [0, 0.1) is 6.92 Å². The van der Waals surface area contributed by atoms with E-state index in [9.17, 15) is 0 Å². The number of anilines is 2. The number of nitrogens with zero attached hydrogens (tertiary/aromatic N) is 7. The van der Waals surface area contributed by atoms with E-state index in [2.05, 4.69) is 45.0 Å². The van der Waals surface area contributed by atoms with Crippen LogP contribution in [0.4, 0.5) is 11.8 Å². The normalized spacial score (nSPS) is 18.4. The Balaban J connectivity index is 1.68. The van der Waals surface area contributed by atoms with E-state index in [1.807, 2.05) is 43.0 Å². The monoisotopic (exact) mass is 343 g/mol.